The molecule has 126 valence electrons. The first-order valence-electron chi connectivity index (χ1n) is 7.42. The second kappa shape index (κ2) is 9.45. The van der Waals surface area contributed by atoms with Gasteiger partial charge in [0.15, 0.2) is 0 Å². The number of aromatic hydroxyl groups is 1. The van der Waals surface area contributed by atoms with Crippen molar-refractivity contribution in [2.45, 2.75) is 38.8 Å². The first-order valence-corrected chi connectivity index (χ1v) is 7.42. The van der Waals surface area contributed by atoms with Crippen molar-refractivity contribution in [3.63, 3.8) is 0 Å². The summed E-state index contributed by atoms with van der Waals surface area (Å²) in [6.45, 7) is 3.69. The molecule has 0 aliphatic rings. The average molecular weight is 322 g/mol. The molecule has 0 aliphatic heterocycles. The minimum absolute atomic E-state index is 0.116. The normalized spacial score (nSPS) is 12.8. The van der Waals surface area contributed by atoms with E-state index in [1.165, 1.54) is 19.1 Å². The van der Waals surface area contributed by atoms with Gasteiger partial charge in [-0.15, -0.1) is 0 Å². The molecule has 0 aromatic heterocycles. The largest absolute Gasteiger partial charge is 0.508 e. The van der Waals surface area contributed by atoms with E-state index in [1.807, 2.05) is 6.92 Å². The van der Waals surface area contributed by atoms with Crippen LogP contribution in [0.5, 0.6) is 5.75 Å². The molecule has 0 saturated heterocycles. The summed E-state index contributed by atoms with van der Waals surface area (Å²) in [7, 11) is 0. The number of ether oxygens (including phenoxy) is 1. The predicted octanol–water partition coefficient (Wildman–Crippen LogP) is 0.507. The number of nitrogens with one attached hydrogen (secondary N) is 2. The minimum Gasteiger partial charge on any atom is -0.508 e. The van der Waals surface area contributed by atoms with E-state index in [0.29, 0.717) is 19.4 Å². The zero-order valence-electron chi connectivity index (χ0n) is 13.2. The van der Waals surface area contributed by atoms with Crippen LogP contribution >= 0.6 is 0 Å². The minimum atomic E-state index is -0.821. The molecule has 2 amide bonds. The van der Waals surface area contributed by atoms with Gasteiger partial charge in [0, 0.05) is 6.42 Å². The highest BCUT2D eigenvalue weighted by molar-refractivity contribution is 5.88. The topological polar surface area (TPSA) is 105 Å². The van der Waals surface area contributed by atoms with E-state index in [2.05, 4.69) is 10.6 Å². The number of amides is 2. The van der Waals surface area contributed by atoms with E-state index >= 15 is 0 Å². The van der Waals surface area contributed by atoms with Crippen LogP contribution < -0.4 is 10.6 Å². The lowest BCUT2D eigenvalue weighted by atomic mass is 10.0. The Bertz CT molecular complexity index is 530. The zero-order chi connectivity index (χ0) is 17.2. The van der Waals surface area contributed by atoms with E-state index in [4.69, 9.17) is 4.74 Å². The van der Waals surface area contributed by atoms with Gasteiger partial charge in [0.25, 0.3) is 0 Å². The second-order valence-electron chi connectivity index (χ2n) is 5.11. The molecule has 2 atom stereocenters. The summed E-state index contributed by atoms with van der Waals surface area (Å²) in [6.07, 6.45) is 1.37. The number of esters is 1. The van der Waals surface area contributed by atoms with Crippen LogP contribution in [0, 0.1) is 0 Å². The quantitative estimate of drug-likeness (QED) is 0.454. The maximum absolute atomic E-state index is 12.2. The molecule has 7 nitrogen and oxygen atoms in total. The smallest absolute Gasteiger partial charge is 0.328 e. The highest BCUT2D eigenvalue weighted by Crippen LogP contribution is 2.11. The summed E-state index contributed by atoms with van der Waals surface area (Å²) >= 11 is 0. The standard InChI is InChI=1S/C16H22N2O5/c1-3-8-23-16(22)11(2)18-15(21)14(17-10-19)9-12-4-6-13(20)7-5-12/h4-7,10-11,14,20H,3,8-9H2,1-2H3,(H,17,19)(H,18,21)/t11-,14-/m0/s1. The number of carbonyl (C=O) groups is 3. The van der Waals surface area contributed by atoms with Gasteiger partial charge in [0.1, 0.15) is 17.8 Å². The molecule has 7 heteroatoms. The highest BCUT2D eigenvalue weighted by Gasteiger charge is 2.23. The van der Waals surface area contributed by atoms with Crippen molar-refractivity contribution in [3.05, 3.63) is 29.8 Å². The number of carbonyl (C=O) groups excluding carboxylic acids is 3. The van der Waals surface area contributed by atoms with Crippen LogP contribution in [-0.2, 0) is 25.5 Å². The number of benzene rings is 1. The van der Waals surface area contributed by atoms with Crippen LogP contribution in [0.4, 0.5) is 0 Å². The fourth-order valence-electron chi connectivity index (χ4n) is 1.88. The Balaban J connectivity index is 2.64. The third-order valence-corrected chi connectivity index (χ3v) is 3.12. The van der Waals surface area contributed by atoms with Crippen LogP contribution in [0.3, 0.4) is 0 Å². The maximum atomic E-state index is 12.2. The van der Waals surface area contributed by atoms with Crippen molar-refractivity contribution in [3.8, 4) is 5.75 Å². The molecule has 0 heterocycles. The van der Waals surface area contributed by atoms with Gasteiger partial charge in [0.05, 0.1) is 6.61 Å². The Kier molecular flexibility index (Phi) is 7.59. The Morgan fingerprint density at radius 3 is 2.52 bits per heavy atom. The summed E-state index contributed by atoms with van der Waals surface area (Å²) in [5.41, 5.74) is 0.763. The molecule has 0 radical (unpaired) electrons. The molecular weight excluding hydrogens is 300 g/mol. The van der Waals surface area contributed by atoms with Crippen molar-refractivity contribution in [2.24, 2.45) is 0 Å². The van der Waals surface area contributed by atoms with Gasteiger partial charge in [-0.3, -0.25) is 9.59 Å². The van der Waals surface area contributed by atoms with Gasteiger partial charge >= 0.3 is 5.97 Å². The van der Waals surface area contributed by atoms with E-state index in [1.54, 1.807) is 12.1 Å². The lowest BCUT2D eigenvalue weighted by molar-refractivity contribution is -0.147. The van der Waals surface area contributed by atoms with Crippen molar-refractivity contribution >= 4 is 18.3 Å². The Labute approximate surface area is 135 Å². The monoisotopic (exact) mass is 322 g/mol. The molecule has 0 spiro atoms. The fourth-order valence-corrected chi connectivity index (χ4v) is 1.88. The summed E-state index contributed by atoms with van der Waals surface area (Å²) in [4.78, 5) is 34.6. The van der Waals surface area contributed by atoms with Crippen molar-refractivity contribution in [2.75, 3.05) is 6.61 Å². The third-order valence-electron chi connectivity index (χ3n) is 3.12. The third kappa shape index (κ3) is 6.37. The van der Waals surface area contributed by atoms with Crippen LogP contribution in [-0.4, -0.2) is 42.1 Å². The number of hydrogen-bond donors (Lipinski definition) is 3. The van der Waals surface area contributed by atoms with Crippen molar-refractivity contribution in [1.82, 2.24) is 10.6 Å². The highest BCUT2D eigenvalue weighted by atomic mass is 16.5. The van der Waals surface area contributed by atoms with Gasteiger partial charge in [-0.25, -0.2) is 4.79 Å². The molecule has 1 aromatic carbocycles. The summed E-state index contributed by atoms with van der Waals surface area (Å²) < 4.78 is 4.95. The van der Waals surface area contributed by atoms with Crippen LogP contribution in [0.2, 0.25) is 0 Å². The van der Waals surface area contributed by atoms with Crippen molar-refractivity contribution in [1.29, 1.82) is 0 Å². The van der Waals surface area contributed by atoms with Gasteiger partial charge < -0.3 is 20.5 Å². The Hall–Kier alpha value is -2.57. The number of hydrogen-bond acceptors (Lipinski definition) is 5. The molecule has 1 aromatic rings. The van der Waals surface area contributed by atoms with E-state index in [9.17, 15) is 19.5 Å². The number of phenols is 1. The van der Waals surface area contributed by atoms with E-state index < -0.39 is 24.0 Å². The SMILES string of the molecule is CCCOC(=O)[C@H](C)NC(=O)[C@H](Cc1ccc(O)cc1)NC=O. The molecule has 0 bridgehead atoms. The lowest BCUT2D eigenvalue weighted by Crippen LogP contribution is -2.50. The molecule has 0 aliphatic carbocycles. The van der Waals surface area contributed by atoms with Gasteiger partial charge in [-0.1, -0.05) is 19.1 Å². The van der Waals surface area contributed by atoms with Gasteiger partial charge in [-0.2, -0.15) is 0 Å². The first kappa shape index (κ1) is 18.5. The predicted molar refractivity (Wildman–Crippen MR) is 83.7 cm³/mol. The summed E-state index contributed by atoms with van der Waals surface area (Å²) in [5, 5.41) is 14.2. The van der Waals surface area contributed by atoms with Gasteiger partial charge in [-0.05, 0) is 31.0 Å². The lowest BCUT2D eigenvalue weighted by Gasteiger charge is -2.19. The molecule has 23 heavy (non-hydrogen) atoms. The van der Waals surface area contributed by atoms with E-state index in [0.717, 1.165) is 5.56 Å². The average Bonchev–Trinajstić information content (AvgIpc) is 2.53. The molecule has 0 fully saturated rings. The molecular formula is C16H22N2O5. The first-order chi connectivity index (χ1) is 11.0. The second-order valence-corrected chi connectivity index (χ2v) is 5.11. The molecule has 1 rings (SSSR count). The Morgan fingerprint density at radius 2 is 1.96 bits per heavy atom. The van der Waals surface area contributed by atoms with E-state index in [-0.39, 0.29) is 12.2 Å². The zero-order valence-corrected chi connectivity index (χ0v) is 13.2. The molecule has 3 N–H and O–H groups in total. The van der Waals surface area contributed by atoms with Gasteiger partial charge in [0.2, 0.25) is 12.3 Å². The van der Waals surface area contributed by atoms with Crippen LogP contribution in [0.25, 0.3) is 0 Å². The molecule has 0 unspecified atom stereocenters. The summed E-state index contributed by atoms with van der Waals surface area (Å²) in [5.74, 6) is -0.883. The number of rotatable bonds is 9. The van der Waals surface area contributed by atoms with Crippen molar-refractivity contribution < 1.29 is 24.2 Å². The fraction of sp³-hybridized carbons (Fsp3) is 0.438. The van der Waals surface area contributed by atoms with Crippen LogP contribution in [0.15, 0.2) is 24.3 Å². The summed E-state index contributed by atoms with van der Waals surface area (Å²) in [6, 6.07) is 4.68. The molecule has 0 saturated carbocycles. The maximum Gasteiger partial charge on any atom is 0.328 e. The number of phenolic OH excluding ortho intramolecular Hbond substituents is 1. The van der Waals surface area contributed by atoms with Crippen LogP contribution in [0.1, 0.15) is 25.8 Å². The Morgan fingerprint density at radius 1 is 1.30 bits per heavy atom.